The molecule has 1 aromatic carbocycles. The van der Waals surface area contributed by atoms with Crippen molar-refractivity contribution in [1.29, 1.82) is 0 Å². The largest absolute Gasteiger partial charge is 0.458 e. The van der Waals surface area contributed by atoms with Gasteiger partial charge in [-0.2, -0.15) is 0 Å². The molecular formula is C22H25N3O3S. The zero-order valence-corrected chi connectivity index (χ0v) is 17.7. The minimum atomic E-state index is -0.429. The Morgan fingerprint density at radius 3 is 2.72 bits per heavy atom. The molecule has 2 heterocycles. The Morgan fingerprint density at radius 1 is 1.34 bits per heavy atom. The molecule has 1 atom stereocenters. The summed E-state index contributed by atoms with van der Waals surface area (Å²) in [5.74, 6) is -0.496. The lowest BCUT2D eigenvalue weighted by atomic mass is 9.94. The van der Waals surface area contributed by atoms with Crippen molar-refractivity contribution in [2.75, 3.05) is 6.61 Å². The van der Waals surface area contributed by atoms with Gasteiger partial charge >= 0.3 is 5.97 Å². The van der Waals surface area contributed by atoms with Gasteiger partial charge in [-0.15, -0.1) is 0 Å². The molecule has 0 spiro atoms. The first kappa shape index (κ1) is 20.9. The highest BCUT2D eigenvalue weighted by Gasteiger charge is 2.41. The van der Waals surface area contributed by atoms with E-state index in [0.29, 0.717) is 11.3 Å². The maximum Gasteiger partial charge on any atom is 0.338 e. The number of amides is 1. The van der Waals surface area contributed by atoms with E-state index in [1.165, 1.54) is 17.8 Å². The number of fused-ring (bicyclic) bond motifs is 1. The number of thioether (sulfide) groups is 1. The van der Waals surface area contributed by atoms with Crippen molar-refractivity contribution in [3.8, 4) is 0 Å². The van der Waals surface area contributed by atoms with Crippen LogP contribution in [0.5, 0.6) is 0 Å². The molecule has 1 amide bonds. The van der Waals surface area contributed by atoms with Crippen LogP contribution in [0.3, 0.4) is 0 Å². The molecule has 1 aromatic rings. The van der Waals surface area contributed by atoms with Gasteiger partial charge < -0.3 is 15.0 Å². The van der Waals surface area contributed by atoms with E-state index in [-0.39, 0.29) is 25.0 Å². The average molecular weight is 412 g/mol. The van der Waals surface area contributed by atoms with Crippen LogP contribution in [0, 0.1) is 0 Å². The number of hydrogen-bond acceptors (Lipinski definition) is 6. The van der Waals surface area contributed by atoms with Gasteiger partial charge in [-0.25, -0.2) is 9.79 Å². The van der Waals surface area contributed by atoms with E-state index in [4.69, 9.17) is 4.74 Å². The van der Waals surface area contributed by atoms with Gasteiger partial charge in [-0.05, 0) is 31.7 Å². The molecule has 3 rings (SSSR count). The van der Waals surface area contributed by atoms with Crippen molar-refractivity contribution >= 4 is 28.8 Å². The van der Waals surface area contributed by atoms with E-state index < -0.39 is 12.0 Å². The quantitative estimate of drug-likeness (QED) is 0.544. The first-order valence-electron chi connectivity index (χ1n) is 9.49. The van der Waals surface area contributed by atoms with Gasteiger partial charge in [-0.1, -0.05) is 54.7 Å². The molecule has 29 heavy (non-hydrogen) atoms. The summed E-state index contributed by atoms with van der Waals surface area (Å²) in [6, 6.07) is 9.38. The number of allylic oxidation sites excluding steroid dienone is 1. The number of amidine groups is 1. The molecule has 0 radical (unpaired) electrons. The number of benzene rings is 1. The standard InChI is InChI=1S/C22H25N3O3S/c1-5-11-28-21(27)19-15(4)24-22-25(20(19)16-9-7-6-8-10-16)17(13-29-22)12-18(26)23-14(2)3/h5-10,13-14,20H,1,11-12H2,2-4H3,(H,23,26). The van der Waals surface area contributed by atoms with Crippen LogP contribution in [0.2, 0.25) is 0 Å². The molecule has 2 aliphatic heterocycles. The van der Waals surface area contributed by atoms with Crippen LogP contribution >= 0.6 is 11.8 Å². The van der Waals surface area contributed by atoms with Crippen LogP contribution in [-0.2, 0) is 14.3 Å². The zero-order chi connectivity index (χ0) is 21.0. The van der Waals surface area contributed by atoms with Crippen LogP contribution in [0.25, 0.3) is 0 Å². The second kappa shape index (κ2) is 9.13. The highest BCUT2D eigenvalue weighted by molar-refractivity contribution is 8.16. The number of nitrogens with zero attached hydrogens (tertiary/aromatic N) is 2. The van der Waals surface area contributed by atoms with Crippen LogP contribution in [0.4, 0.5) is 0 Å². The van der Waals surface area contributed by atoms with E-state index in [2.05, 4.69) is 16.9 Å². The van der Waals surface area contributed by atoms with E-state index >= 15 is 0 Å². The molecule has 0 aromatic heterocycles. The van der Waals surface area contributed by atoms with Gasteiger partial charge in [0.1, 0.15) is 6.61 Å². The summed E-state index contributed by atoms with van der Waals surface area (Å²) in [5.41, 5.74) is 2.83. The zero-order valence-electron chi connectivity index (χ0n) is 16.8. The van der Waals surface area contributed by atoms with Crippen molar-refractivity contribution in [3.05, 3.63) is 70.9 Å². The number of ether oxygens (including phenoxy) is 1. The number of hydrogen-bond donors (Lipinski definition) is 1. The molecule has 7 heteroatoms. The van der Waals surface area contributed by atoms with Crippen molar-refractivity contribution in [3.63, 3.8) is 0 Å². The molecular weight excluding hydrogens is 386 g/mol. The lowest BCUT2D eigenvalue weighted by Gasteiger charge is -2.36. The predicted octanol–water partition coefficient (Wildman–Crippen LogP) is 3.91. The molecule has 1 unspecified atom stereocenters. The molecule has 0 aliphatic carbocycles. The Morgan fingerprint density at radius 2 is 2.07 bits per heavy atom. The number of aliphatic imine (C=N–C) groups is 1. The van der Waals surface area contributed by atoms with Gasteiger partial charge in [0.15, 0.2) is 5.17 Å². The summed E-state index contributed by atoms with van der Waals surface area (Å²) >= 11 is 1.46. The first-order valence-corrected chi connectivity index (χ1v) is 10.4. The van der Waals surface area contributed by atoms with Gasteiger partial charge in [0.25, 0.3) is 0 Å². The third-order valence-corrected chi connectivity index (χ3v) is 5.35. The van der Waals surface area contributed by atoms with Crippen LogP contribution in [-0.4, -0.2) is 34.6 Å². The van der Waals surface area contributed by atoms with E-state index in [1.807, 2.05) is 61.4 Å². The Labute approximate surface area is 175 Å². The maximum atomic E-state index is 12.9. The molecule has 6 nitrogen and oxygen atoms in total. The second-order valence-electron chi connectivity index (χ2n) is 7.09. The highest BCUT2D eigenvalue weighted by atomic mass is 32.2. The monoisotopic (exact) mass is 411 g/mol. The molecule has 0 saturated heterocycles. The highest BCUT2D eigenvalue weighted by Crippen LogP contribution is 2.44. The maximum absolute atomic E-state index is 12.9. The number of esters is 1. The fraction of sp³-hybridized carbons (Fsp3) is 0.318. The topological polar surface area (TPSA) is 71.0 Å². The van der Waals surface area contributed by atoms with Crippen molar-refractivity contribution in [2.45, 2.75) is 39.3 Å². The molecule has 0 fully saturated rings. The van der Waals surface area contributed by atoms with Crippen LogP contribution in [0.15, 0.2) is 70.4 Å². The summed E-state index contributed by atoms with van der Waals surface area (Å²) in [7, 11) is 0. The number of rotatable bonds is 7. The smallest absolute Gasteiger partial charge is 0.338 e. The summed E-state index contributed by atoms with van der Waals surface area (Å²) in [4.78, 5) is 31.9. The summed E-state index contributed by atoms with van der Waals surface area (Å²) in [5, 5.41) is 5.60. The third-order valence-electron chi connectivity index (χ3n) is 4.46. The third kappa shape index (κ3) is 4.62. The normalized spacial score (nSPS) is 18.2. The number of nitrogens with one attached hydrogen (secondary N) is 1. The van der Waals surface area contributed by atoms with E-state index in [0.717, 1.165) is 16.4 Å². The van der Waals surface area contributed by atoms with Crippen molar-refractivity contribution < 1.29 is 14.3 Å². The Bertz CT molecular complexity index is 903. The van der Waals surface area contributed by atoms with Crippen LogP contribution < -0.4 is 5.32 Å². The van der Waals surface area contributed by atoms with E-state index in [1.54, 1.807) is 0 Å². The first-order chi connectivity index (χ1) is 13.9. The fourth-order valence-electron chi connectivity index (χ4n) is 3.33. The summed E-state index contributed by atoms with van der Waals surface area (Å²) in [6.45, 7) is 9.40. The molecule has 152 valence electrons. The minimum Gasteiger partial charge on any atom is -0.458 e. The van der Waals surface area contributed by atoms with Gasteiger partial charge in [-0.3, -0.25) is 4.79 Å². The van der Waals surface area contributed by atoms with Gasteiger partial charge in [0, 0.05) is 11.7 Å². The second-order valence-corrected chi connectivity index (χ2v) is 7.93. The average Bonchev–Trinajstić information content (AvgIpc) is 3.07. The number of carbonyl (C=O) groups is 2. The number of carbonyl (C=O) groups excluding carboxylic acids is 2. The molecule has 2 aliphatic rings. The molecule has 1 N–H and O–H groups in total. The molecule has 0 saturated carbocycles. The molecule has 0 bridgehead atoms. The predicted molar refractivity (Wildman–Crippen MR) is 116 cm³/mol. The minimum absolute atomic E-state index is 0.0585. The lowest BCUT2D eigenvalue weighted by molar-refractivity contribution is -0.138. The lowest BCUT2D eigenvalue weighted by Crippen LogP contribution is -2.38. The Kier molecular flexibility index (Phi) is 6.59. The SMILES string of the molecule is C=CCOC(=O)C1=C(C)N=C2SC=C(CC(=O)NC(C)C)N2C1c1ccccc1. The Balaban J connectivity index is 2.00. The van der Waals surface area contributed by atoms with Gasteiger partial charge in [0.05, 0.1) is 23.7 Å². The van der Waals surface area contributed by atoms with Crippen molar-refractivity contribution in [2.24, 2.45) is 4.99 Å². The fourth-order valence-corrected chi connectivity index (χ4v) is 4.30. The van der Waals surface area contributed by atoms with E-state index in [9.17, 15) is 9.59 Å². The summed E-state index contributed by atoms with van der Waals surface area (Å²) in [6.07, 6.45) is 1.75. The Hall–Kier alpha value is -2.80. The van der Waals surface area contributed by atoms with Gasteiger partial charge in [0.2, 0.25) is 5.91 Å². The van der Waals surface area contributed by atoms with Crippen LogP contribution in [0.1, 0.15) is 38.8 Å². The van der Waals surface area contributed by atoms with Crippen molar-refractivity contribution in [1.82, 2.24) is 10.2 Å². The summed E-state index contributed by atoms with van der Waals surface area (Å²) < 4.78 is 5.35.